The summed E-state index contributed by atoms with van der Waals surface area (Å²) in [4.78, 5) is 9.49. The Hall–Kier alpha value is -1.93. The highest BCUT2D eigenvalue weighted by atomic mass is 19.3. The second kappa shape index (κ2) is 5.15. The number of halogens is 5. The molecule has 0 amide bonds. The largest absolute Gasteiger partial charge is 0.373 e. The molecule has 0 spiro atoms. The van der Waals surface area contributed by atoms with E-state index in [-0.39, 0.29) is 0 Å². The molecule has 0 saturated heterocycles. The molecule has 0 aliphatic heterocycles. The van der Waals surface area contributed by atoms with Crippen molar-refractivity contribution in [2.45, 2.75) is 12.3 Å². The first-order valence-electron chi connectivity index (χ1n) is 4.58. The van der Waals surface area contributed by atoms with Crippen LogP contribution in [0.15, 0.2) is 18.2 Å². The van der Waals surface area contributed by atoms with E-state index in [2.05, 4.69) is 0 Å². The lowest BCUT2D eigenvalue weighted by Gasteiger charge is -2.16. The lowest BCUT2D eigenvalue weighted by Crippen LogP contribution is -2.34. The van der Waals surface area contributed by atoms with Crippen molar-refractivity contribution in [1.29, 1.82) is 0 Å². The Morgan fingerprint density at radius 3 is 2.50 bits per heavy atom. The molecule has 0 radical (unpaired) electrons. The predicted molar refractivity (Wildman–Crippen MR) is 52.5 cm³/mol. The molecule has 1 rings (SSSR count). The predicted octanol–water partition coefficient (Wildman–Crippen LogP) is 3.05. The van der Waals surface area contributed by atoms with Crippen LogP contribution in [0, 0.1) is 15.9 Å². The van der Waals surface area contributed by atoms with Crippen molar-refractivity contribution in [3.05, 3.63) is 34.1 Å². The second-order valence-electron chi connectivity index (χ2n) is 3.33. The minimum Gasteiger partial charge on any atom is -0.373 e. The third-order valence-electron chi connectivity index (χ3n) is 1.99. The summed E-state index contributed by atoms with van der Waals surface area (Å²) in [7, 11) is 0. The molecule has 1 N–H and O–H groups in total. The van der Waals surface area contributed by atoms with Crippen LogP contribution in [-0.2, 0) is 0 Å². The van der Waals surface area contributed by atoms with Gasteiger partial charge in [-0.15, -0.1) is 0 Å². The maximum Gasteiger partial charge on any atom is 0.324 e. The maximum atomic E-state index is 12.7. The molecule has 100 valence electrons. The molecule has 0 atom stereocenters. The molecule has 4 nitrogen and oxygen atoms in total. The van der Waals surface area contributed by atoms with E-state index < -0.39 is 41.0 Å². The fourth-order valence-electron chi connectivity index (χ4n) is 1.10. The quantitative estimate of drug-likeness (QED) is 0.508. The van der Waals surface area contributed by atoms with Crippen molar-refractivity contribution < 1.29 is 26.9 Å². The normalized spacial score (nSPS) is 11.7. The molecule has 0 aromatic heterocycles. The molecule has 0 fully saturated rings. The van der Waals surface area contributed by atoms with Gasteiger partial charge in [0.1, 0.15) is 11.5 Å². The van der Waals surface area contributed by atoms with Crippen LogP contribution in [0.25, 0.3) is 0 Å². The lowest BCUT2D eigenvalue weighted by atomic mass is 10.2. The second-order valence-corrected chi connectivity index (χ2v) is 3.33. The Morgan fingerprint density at radius 2 is 2.00 bits per heavy atom. The van der Waals surface area contributed by atoms with Gasteiger partial charge in [0.2, 0.25) is 0 Å². The van der Waals surface area contributed by atoms with Crippen molar-refractivity contribution in [2.75, 3.05) is 11.9 Å². The van der Waals surface area contributed by atoms with Crippen LogP contribution in [-0.4, -0.2) is 23.8 Å². The van der Waals surface area contributed by atoms with Crippen LogP contribution in [0.3, 0.4) is 0 Å². The first-order chi connectivity index (χ1) is 8.24. The van der Waals surface area contributed by atoms with Crippen LogP contribution in [0.2, 0.25) is 0 Å². The van der Waals surface area contributed by atoms with Gasteiger partial charge in [-0.05, 0) is 12.1 Å². The average Bonchev–Trinajstić information content (AvgIpc) is 2.27. The number of nitro groups is 1. The summed E-state index contributed by atoms with van der Waals surface area (Å²) >= 11 is 0. The molecule has 1 aromatic carbocycles. The van der Waals surface area contributed by atoms with Gasteiger partial charge in [0.05, 0.1) is 17.5 Å². The smallest absolute Gasteiger partial charge is 0.324 e. The Balaban J connectivity index is 2.89. The average molecular weight is 270 g/mol. The van der Waals surface area contributed by atoms with E-state index in [4.69, 9.17) is 0 Å². The number of nitrogens with zero attached hydrogens (tertiary/aromatic N) is 1. The molecule has 0 saturated carbocycles. The number of nitro benzene ring substituents is 1. The highest BCUT2D eigenvalue weighted by molar-refractivity contribution is 5.61. The molecule has 9 heteroatoms. The Morgan fingerprint density at radius 1 is 1.39 bits per heavy atom. The fourth-order valence-corrected chi connectivity index (χ4v) is 1.10. The lowest BCUT2D eigenvalue weighted by molar-refractivity contribution is -0.384. The highest BCUT2D eigenvalue weighted by Gasteiger charge is 2.40. The van der Waals surface area contributed by atoms with E-state index in [0.717, 1.165) is 12.1 Å². The van der Waals surface area contributed by atoms with Gasteiger partial charge >= 0.3 is 12.3 Å². The maximum absolute atomic E-state index is 12.7. The van der Waals surface area contributed by atoms with E-state index >= 15 is 0 Å². The number of hydrogen-bond acceptors (Lipinski definition) is 3. The molecule has 18 heavy (non-hydrogen) atoms. The zero-order chi connectivity index (χ0) is 13.9. The van der Waals surface area contributed by atoms with Gasteiger partial charge in [0.25, 0.3) is 5.69 Å². The Labute approximate surface area is 97.6 Å². The van der Waals surface area contributed by atoms with Crippen molar-refractivity contribution in [3.63, 3.8) is 0 Å². The van der Waals surface area contributed by atoms with Crippen molar-refractivity contribution >= 4 is 11.4 Å². The summed E-state index contributed by atoms with van der Waals surface area (Å²) in [6.45, 7) is -1.49. The van der Waals surface area contributed by atoms with E-state index in [1.54, 1.807) is 5.32 Å². The molecule has 0 bridgehead atoms. The van der Waals surface area contributed by atoms with E-state index in [0.29, 0.717) is 6.07 Å². The van der Waals surface area contributed by atoms with Gasteiger partial charge in [-0.3, -0.25) is 10.1 Å². The molecule has 1 aromatic rings. The van der Waals surface area contributed by atoms with E-state index in [1.807, 2.05) is 0 Å². The summed E-state index contributed by atoms with van der Waals surface area (Å²) in [5.41, 5.74) is -1.26. The number of hydrogen-bond donors (Lipinski definition) is 1. The van der Waals surface area contributed by atoms with Crippen molar-refractivity contribution in [3.8, 4) is 0 Å². The van der Waals surface area contributed by atoms with Gasteiger partial charge in [-0.1, -0.05) is 0 Å². The molecule has 0 aliphatic rings. The molecular weight excluding hydrogens is 263 g/mol. The van der Waals surface area contributed by atoms with Crippen LogP contribution in [0.4, 0.5) is 33.3 Å². The van der Waals surface area contributed by atoms with Crippen LogP contribution >= 0.6 is 0 Å². The number of benzene rings is 1. The molecule has 0 unspecified atom stereocenters. The van der Waals surface area contributed by atoms with Crippen LogP contribution < -0.4 is 5.32 Å². The number of alkyl halides is 4. The summed E-state index contributed by atoms with van der Waals surface area (Å²) in [6.07, 6.45) is -3.90. The first kappa shape index (κ1) is 14.1. The zero-order valence-electron chi connectivity index (χ0n) is 8.67. The summed E-state index contributed by atoms with van der Waals surface area (Å²) in [6, 6.07) is 2.12. The molecule has 0 aliphatic carbocycles. The van der Waals surface area contributed by atoms with Gasteiger partial charge in [0, 0.05) is 0 Å². The third-order valence-corrected chi connectivity index (χ3v) is 1.99. The molecule has 0 heterocycles. The number of rotatable bonds is 5. The minimum atomic E-state index is -4.33. The molecular formula is C9H7F5N2O2. The monoisotopic (exact) mass is 270 g/mol. The van der Waals surface area contributed by atoms with Crippen molar-refractivity contribution in [1.82, 2.24) is 0 Å². The van der Waals surface area contributed by atoms with Gasteiger partial charge in [-0.2, -0.15) is 8.78 Å². The summed E-state index contributed by atoms with van der Waals surface area (Å²) in [5, 5.41) is 12.3. The number of anilines is 1. The van der Waals surface area contributed by atoms with Gasteiger partial charge < -0.3 is 5.32 Å². The van der Waals surface area contributed by atoms with Crippen LogP contribution in [0.5, 0.6) is 0 Å². The van der Waals surface area contributed by atoms with E-state index in [1.165, 1.54) is 0 Å². The van der Waals surface area contributed by atoms with Crippen molar-refractivity contribution in [2.24, 2.45) is 0 Å². The van der Waals surface area contributed by atoms with Gasteiger partial charge in [-0.25, -0.2) is 13.2 Å². The summed E-state index contributed by atoms with van der Waals surface area (Å²) in [5.74, 6) is -5.27. The zero-order valence-corrected chi connectivity index (χ0v) is 8.67. The Bertz CT molecular complexity index is 453. The minimum absolute atomic E-state index is 0.457. The van der Waals surface area contributed by atoms with E-state index in [9.17, 15) is 32.1 Å². The number of nitrogens with one attached hydrogen (secondary N) is 1. The first-order valence-corrected chi connectivity index (χ1v) is 4.58. The standard InChI is InChI=1S/C9H7F5N2O2/c10-5-1-2-6(7(3-5)16(17)18)15-4-9(13,14)8(11)12/h1-3,8,15H,4H2. The third kappa shape index (κ3) is 3.28. The topological polar surface area (TPSA) is 55.2 Å². The van der Waals surface area contributed by atoms with Crippen LogP contribution in [0.1, 0.15) is 0 Å². The van der Waals surface area contributed by atoms with Gasteiger partial charge in [0.15, 0.2) is 0 Å². The SMILES string of the molecule is O=[N+]([O-])c1cc(F)ccc1NCC(F)(F)C(F)F. The highest BCUT2D eigenvalue weighted by Crippen LogP contribution is 2.28. The fraction of sp³-hybridized carbons (Fsp3) is 0.333. The summed E-state index contributed by atoms with van der Waals surface area (Å²) < 4.78 is 61.6. The Kier molecular flexibility index (Phi) is 4.04.